The average molecular weight is 398 g/mol. The van der Waals surface area contributed by atoms with Crippen LogP contribution in [-0.2, 0) is 17.1 Å². The Morgan fingerprint density at radius 2 is 2.14 bits per heavy atom. The lowest BCUT2D eigenvalue weighted by Gasteiger charge is -2.07. The van der Waals surface area contributed by atoms with Crippen LogP contribution in [0.2, 0.25) is 0 Å². The number of thioether (sulfide) groups is 1. The molecule has 1 saturated carbocycles. The zero-order valence-electron chi connectivity index (χ0n) is 16.0. The molecule has 0 aliphatic heterocycles. The van der Waals surface area contributed by atoms with Gasteiger partial charge in [-0.3, -0.25) is 4.79 Å². The minimum atomic E-state index is -0.319. The van der Waals surface area contributed by atoms with Crippen molar-refractivity contribution in [3.8, 4) is 11.5 Å². The second kappa shape index (κ2) is 7.79. The molecule has 1 aliphatic carbocycles. The van der Waals surface area contributed by atoms with Crippen LogP contribution in [0, 0.1) is 13.8 Å². The number of hydrogen-bond acceptors (Lipinski definition) is 6. The number of benzene rings is 1. The molecule has 2 N–H and O–H groups in total. The van der Waals surface area contributed by atoms with Gasteiger partial charge < -0.3 is 14.7 Å². The number of rotatable bonds is 8. The largest absolute Gasteiger partial charge is 0.444 e. The van der Waals surface area contributed by atoms with Gasteiger partial charge in [-0.05, 0) is 38.3 Å². The van der Waals surface area contributed by atoms with E-state index in [1.54, 1.807) is 18.0 Å². The van der Waals surface area contributed by atoms with Gasteiger partial charge in [-0.2, -0.15) is 0 Å². The van der Waals surface area contributed by atoms with Crippen LogP contribution in [-0.4, -0.2) is 25.7 Å². The van der Waals surface area contributed by atoms with E-state index in [1.165, 1.54) is 5.56 Å². The Labute approximate surface area is 167 Å². The number of aryl methyl sites for hydroxylation is 2. The Bertz CT molecular complexity index is 1010. The first kappa shape index (κ1) is 18.7. The van der Waals surface area contributed by atoms with Crippen molar-refractivity contribution in [1.82, 2.24) is 19.7 Å². The summed E-state index contributed by atoms with van der Waals surface area (Å²) in [5.74, 6) is 2.34. The first-order valence-electron chi connectivity index (χ1n) is 9.37. The van der Waals surface area contributed by atoms with Gasteiger partial charge >= 0.3 is 0 Å². The molecule has 8 heteroatoms. The molecule has 1 amide bonds. The maximum Gasteiger partial charge on any atom is 0.226 e. The van der Waals surface area contributed by atoms with Crippen LogP contribution in [0.4, 0.5) is 0 Å². The number of hydrogen-bond donors (Lipinski definition) is 1. The third kappa shape index (κ3) is 4.11. The Kier molecular flexibility index (Phi) is 5.21. The molecule has 0 unspecified atom stereocenters. The molecular weight excluding hydrogens is 374 g/mol. The van der Waals surface area contributed by atoms with Crippen molar-refractivity contribution in [2.24, 2.45) is 5.73 Å². The molecule has 2 heterocycles. The van der Waals surface area contributed by atoms with Gasteiger partial charge in [-0.1, -0.05) is 29.5 Å². The monoisotopic (exact) mass is 397 g/mol. The standard InChI is InChI=1S/C20H23N5O2S/c1-12-3-6-16(13(2)9-12)19-22-15(10-27-19)11-28-20-24-23-18(14-4-5-14)25(20)8-7-17(21)26/h3,6,9-10,14H,4-5,7-8,11H2,1-2H3,(H2,21,26). The van der Waals surface area contributed by atoms with Crippen LogP contribution >= 0.6 is 11.8 Å². The summed E-state index contributed by atoms with van der Waals surface area (Å²) in [5, 5.41) is 9.45. The topological polar surface area (TPSA) is 99.8 Å². The average Bonchev–Trinajstić information content (AvgIpc) is 3.24. The van der Waals surface area contributed by atoms with Crippen LogP contribution < -0.4 is 5.73 Å². The van der Waals surface area contributed by atoms with Gasteiger partial charge in [-0.25, -0.2) is 4.98 Å². The van der Waals surface area contributed by atoms with Crippen molar-refractivity contribution < 1.29 is 9.21 Å². The fraction of sp³-hybridized carbons (Fsp3) is 0.400. The minimum absolute atomic E-state index is 0.284. The maximum absolute atomic E-state index is 11.2. The molecular formula is C20H23N5O2S. The first-order chi connectivity index (χ1) is 13.5. The maximum atomic E-state index is 11.2. The second-order valence-electron chi connectivity index (χ2n) is 7.23. The number of amides is 1. The van der Waals surface area contributed by atoms with Gasteiger partial charge in [0, 0.05) is 30.2 Å². The zero-order chi connectivity index (χ0) is 19.7. The van der Waals surface area contributed by atoms with Gasteiger partial charge in [0.25, 0.3) is 0 Å². The smallest absolute Gasteiger partial charge is 0.226 e. The summed E-state index contributed by atoms with van der Waals surface area (Å²) in [5.41, 5.74) is 9.52. The van der Waals surface area contributed by atoms with E-state index in [-0.39, 0.29) is 12.3 Å². The van der Waals surface area contributed by atoms with Crippen LogP contribution in [0.15, 0.2) is 34.0 Å². The van der Waals surface area contributed by atoms with E-state index < -0.39 is 0 Å². The molecule has 0 spiro atoms. The van der Waals surface area contributed by atoms with E-state index in [9.17, 15) is 4.79 Å². The molecule has 1 aliphatic rings. The molecule has 28 heavy (non-hydrogen) atoms. The number of oxazole rings is 1. The van der Waals surface area contributed by atoms with E-state index >= 15 is 0 Å². The Balaban J connectivity index is 1.48. The van der Waals surface area contributed by atoms with E-state index in [1.807, 2.05) is 10.6 Å². The van der Waals surface area contributed by atoms with E-state index in [2.05, 4.69) is 41.2 Å². The molecule has 1 aromatic carbocycles. The van der Waals surface area contributed by atoms with Gasteiger partial charge in [0.2, 0.25) is 11.8 Å². The van der Waals surface area contributed by atoms with Crippen molar-refractivity contribution in [1.29, 1.82) is 0 Å². The fourth-order valence-electron chi connectivity index (χ4n) is 3.17. The summed E-state index contributed by atoms with van der Waals surface area (Å²) in [7, 11) is 0. The first-order valence-corrected chi connectivity index (χ1v) is 10.4. The van der Waals surface area contributed by atoms with Crippen molar-refractivity contribution in [3.63, 3.8) is 0 Å². The van der Waals surface area contributed by atoms with Crippen molar-refractivity contribution in [2.75, 3.05) is 0 Å². The van der Waals surface area contributed by atoms with Crippen LogP contribution in [0.3, 0.4) is 0 Å². The normalized spacial score (nSPS) is 13.8. The summed E-state index contributed by atoms with van der Waals surface area (Å²) in [4.78, 5) is 15.8. The number of nitrogens with zero attached hydrogens (tertiary/aromatic N) is 4. The molecule has 3 aromatic rings. The summed E-state index contributed by atoms with van der Waals surface area (Å²) in [6.45, 7) is 4.64. The summed E-state index contributed by atoms with van der Waals surface area (Å²) >= 11 is 1.55. The highest BCUT2D eigenvalue weighted by Crippen LogP contribution is 2.40. The predicted octanol–water partition coefficient (Wildman–Crippen LogP) is 3.60. The van der Waals surface area contributed by atoms with Crippen LogP contribution in [0.1, 0.15) is 47.8 Å². The third-order valence-electron chi connectivity index (χ3n) is 4.78. The fourth-order valence-corrected chi connectivity index (χ4v) is 4.02. The van der Waals surface area contributed by atoms with Gasteiger partial charge in [0.1, 0.15) is 12.1 Å². The highest BCUT2D eigenvalue weighted by Gasteiger charge is 2.30. The van der Waals surface area contributed by atoms with E-state index in [4.69, 9.17) is 10.2 Å². The molecule has 0 radical (unpaired) electrons. The van der Waals surface area contributed by atoms with Gasteiger partial charge in [-0.15, -0.1) is 10.2 Å². The molecule has 0 bridgehead atoms. The molecule has 2 aromatic heterocycles. The summed E-state index contributed by atoms with van der Waals surface area (Å²) in [6.07, 6.45) is 4.23. The number of aromatic nitrogens is 4. The highest BCUT2D eigenvalue weighted by atomic mass is 32.2. The zero-order valence-corrected chi connectivity index (χ0v) is 16.8. The van der Waals surface area contributed by atoms with E-state index in [0.29, 0.717) is 24.1 Å². The minimum Gasteiger partial charge on any atom is -0.444 e. The van der Waals surface area contributed by atoms with Crippen molar-refractivity contribution >= 4 is 17.7 Å². The Hall–Kier alpha value is -2.61. The molecule has 7 nitrogen and oxygen atoms in total. The van der Waals surface area contributed by atoms with E-state index in [0.717, 1.165) is 40.6 Å². The lowest BCUT2D eigenvalue weighted by Crippen LogP contribution is -2.15. The Morgan fingerprint density at radius 3 is 2.86 bits per heavy atom. The lowest BCUT2D eigenvalue weighted by molar-refractivity contribution is -0.118. The van der Waals surface area contributed by atoms with Gasteiger partial charge in [0.05, 0.1) is 5.69 Å². The molecule has 0 saturated heterocycles. The van der Waals surface area contributed by atoms with Crippen LogP contribution in [0.25, 0.3) is 11.5 Å². The van der Waals surface area contributed by atoms with Crippen LogP contribution in [0.5, 0.6) is 0 Å². The molecule has 146 valence electrons. The third-order valence-corrected chi connectivity index (χ3v) is 5.78. The Morgan fingerprint density at radius 1 is 1.32 bits per heavy atom. The molecule has 0 atom stereocenters. The summed E-state index contributed by atoms with van der Waals surface area (Å²) in [6, 6.07) is 6.21. The van der Waals surface area contributed by atoms with Crippen molar-refractivity contribution in [3.05, 3.63) is 47.1 Å². The number of carbonyl (C=O) groups is 1. The molecule has 4 rings (SSSR count). The number of carbonyl (C=O) groups excluding carboxylic acids is 1. The number of primary amides is 1. The highest BCUT2D eigenvalue weighted by molar-refractivity contribution is 7.98. The lowest BCUT2D eigenvalue weighted by atomic mass is 10.1. The van der Waals surface area contributed by atoms with Crippen molar-refractivity contribution in [2.45, 2.75) is 56.5 Å². The second-order valence-corrected chi connectivity index (χ2v) is 8.18. The SMILES string of the molecule is Cc1ccc(-c2nc(CSc3nnc(C4CC4)n3CCC(N)=O)co2)c(C)c1. The predicted molar refractivity (Wildman–Crippen MR) is 107 cm³/mol. The number of nitrogens with two attached hydrogens (primary N) is 1. The molecule has 1 fully saturated rings. The van der Waals surface area contributed by atoms with Gasteiger partial charge in [0.15, 0.2) is 5.16 Å². The summed E-state index contributed by atoms with van der Waals surface area (Å²) < 4.78 is 7.72. The quantitative estimate of drug-likeness (QED) is 0.583.